The van der Waals surface area contributed by atoms with Crippen molar-refractivity contribution >= 4 is 11.9 Å². The summed E-state index contributed by atoms with van der Waals surface area (Å²) in [5.41, 5.74) is 1.17. The highest BCUT2D eigenvalue weighted by Gasteiger charge is 2.35. The van der Waals surface area contributed by atoms with Crippen LogP contribution in [0.2, 0.25) is 0 Å². The molecule has 28 heavy (non-hydrogen) atoms. The van der Waals surface area contributed by atoms with Gasteiger partial charge in [0.15, 0.2) is 0 Å². The average Bonchev–Trinajstić information content (AvgIpc) is 2.63. The highest BCUT2D eigenvalue weighted by Crippen LogP contribution is 2.27. The van der Waals surface area contributed by atoms with Crippen molar-refractivity contribution in [1.82, 2.24) is 10.2 Å². The number of carboxylic acid groups (broad SMARTS) is 1. The minimum absolute atomic E-state index is 0.0265. The number of carboxylic acids is 1. The minimum Gasteiger partial charge on any atom is -0.480 e. The van der Waals surface area contributed by atoms with Gasteiger partial charge in [0, 0.05) is 12.1 Å². The topological polar surface area (TPSA) is 69.6 Å². The Kier molecular flexibility index (Phi) is 6.04. The van der Waals surface area contributed by atoms with Crippen molar-refractivity contribution in [2.24, 2.45) is 0 Å². The van der Waals surface area contributed by atoms with Gasteiger partial charge in [0.1, 0.15) is 11.6 Å². The average molecular weight is 388 g/mol. The number of nitrogens with zero attached hydrogens (tertiary/aromatic N) is 1. The van der Waals surface area contributed by atoms with Gasteiger partial charge in [0.25, 0.3) is 5.91 Å². The second-order valence-corrected chi connectivity index (χ2v) is 6.95. The Balaban J connectivity index is 1.60. The maximum absolute atomic E-state index is 14.4. The summed E-state index contributed by atoms with van der Waals surface area (Å²) < 4.78 is 27.4. The molecular weight excluding hydrogens is 366 g/mol. The molecular formula is C21H22F2N2O3. The molecule has 7 heteroatoms. The third-order valence-electron chi connectivity index (χ3n) is 5.10. The van der Waals surface area contributed by atoms with E-state index in [9.17, 15) is 18.4 Å². The van der Waals surface area contributed by atoms with Crippen molar-refractivity contribution in [3.63, 3.8) is 0 Å². The van der Waals surface area contributed by atoms with Gasteiger partial charge in [-0.15, -0.1) is 0 Å². The first-order valence-corrected chi connectivity index (χ1v) is 9.19. The number of likely N-dealkylation sites (N-methyl/N-ethyl adjacent to an activating group) is 1. The molecule has 1 amide bonds. The van der Waals surface area contributed by atoms with Crippen LogP contribution in [0.3, 0.4) is 0 Å². The Hall–Kier alpha value is -2.80. The van der Waals surface area contributed by atoms with Crippen LogP contribution in [0, 0.1) is 11.6 Å². The molecule has 0 aromatic heterocycles. The van der Waals surface area contributed by atoms with Crippen molar-refractivity contribution in [2.75, 3.05) is 13.1 Å². The van der Waals surface area contributed by atoms with Crippen LogP contribution in [0.25, 0.3) is 11.1 Å². The van der Waals surface area contributed by atoms with E-state index < -0.39 is 17.7 Å². The van der Waals surface area contributed by atoms with Crippen molar-refractivity contribution in [3.8, 4) is 11.1 Å². The highest BCUT2D eigenvalue weighted by atomic mass is 19.1. The number of benzene rings is 2. The summed E-state index contributed by atoms with van der Waals surface area (Å²) in [6.45, 7) is 2.49. The van der Waals surface area contributed by atoms with E-state index in [2.05, 4.69) is 5.32 Å². The molecule has 1 saturated carbocycles. The molecule has 0 spiro atoms. The van der Waals surface area contributed by atoms with Crippen LogP contribution in [0.1, 0.15) is 30.1 Å². The number of amides is 1. The van der Waals surface area contributed by atoms with Gasteiger partial charge >= 0.3 is 5.97 Å². The van der Waals surface area contributed by atoms with Crippen molar-refractivity contribution in [3.05, 3.63) is 59.7 Å². The summed E-state index contributed by atoms with van der Waals surface area (Å²) in [5, 5.41) is 11.7. The van der Waals surface area contributed by atoms with E-state index in [4.69, 9.17) is 5.11 Å². The summed E-state index contributed by atoms with van der Waals surface area (Å²) >= 11 is 0. The predicted molar refractivity (Wildman–Crippen MR) is 101 cm³/mol. The fourth-order valence-corrected chi connectivity index (χ4v) is 3.46. The Morgan fingerprint density at radius 3 is 2.32 bits per heavy atom. The van der Waals surface area contributed by atoms with E-state index in [1.54, 1.807) is 18.2 Å². The third-order valence-corrected chi connectivity index (χ3v) is 5.10. The lowest BCUT2D eigenvalue weighted by atomic mass is 9.85. The van der Waals surface area contributed by atoms with Crippen molar-refractivity contribution in [1.29, 1.82) is 0 Å². The lowest BCUT2D eigenvalue weighted by Crippen LogP contribution is -2.54. The molecule has 0 unspecified atom stereocenters. The maximum Gasteiger partial charge on any atom is 0.317 e. The normalized spacial score (nSPS) is 18.6. The van der Waals surface area contributed by atoms with Crippen LogP contribution < -0.4 is 5.32 Å². The smallest absolute Gasteiger partial charge is 0.317 e. The number of halogens is 2. The van der Waals surface area contributed by atoms with Gasteiger partial charge < -0.3 is 10.4 Å². The number of rotatable bonds is 7. The fourth-order valence-electron chi connectivity index (χ4n) is 3.46. The van der Waals surface area contributed by atoms with Gasteiger partial charge in [0.2, 0.25) is 0 Å². The first-order chi connectivity index (χ1) is 13.4. The highest BCUT2D eigenvalue weighted by molar-refractivity contribution is 5.95. The molecule has 2 aromatic rings. The van der Waals surface area contributed by atoms with E-state index in [1.165, 1.54) is 24.3 Å². The predicted octanol–water partition coefficient (Wildman–Crippen LogP) is 3.30. The van der Waals surface area contributed by atoms with Crippen LogP contribution in [-0.4, -0.2) is 47.1 Å². The van der Waals surface area contributed by atoms with Gasteiger partial charge in [-0.3, -0.25) is 14.5 Å². The quantitative estimate of drug-likeness (QED) is 0.764. The molecule has 0 saturated heterocycles. The number of aliphatic carboxylic acids is 1. The zero-order chi connectivity index (χ0) is 20.3. The molecule has 0 radical (unpaired) electrons. The summed E-state index contributed by atoms with van der Waals surface area (Å²) in [5.74, 6) is -2.38. The summed E-state index contributed by atoms with van der Waals surface area (Å²) in [6.07, 6.45) is 1.28. The SMILES string of the molecule is CCN(CC(=O)O)C1CC(NC(=O)c2ccc(-c3ccc(F)cc3)cc2F)C1. The monoisotopic (exact) mass is 388 g/mol. The van der Waals surface area contributed by atoms with Crippen LogP contribution in [-0.2, 0) is 4.79 Å². The van der Waals surface area contributed by atoms with Crippen LogP contribution in [0.5, 0.6) is 0 Å². The summed E-state index contributed by atoms with van der Waals surface area (Å²) in [6, 6.07) is 10.0. The largest absolute Gasteiger partial charge is 0.480 e. The molecule has 5 nitrogen and oxygen atoms in total. The maximum atomic E-state index is 14.4. The molecule has 0 bridgehead atoms. The molecule has 1 fully saturated rings. The van der Waals surface area contributed by atoms with E-state index in [1.807, 2.05) is 11.8 Å². The van der Waals surface area contributed by atoms with Gasteiger partial charge in [-0.2, -0.15) is 0 Å². The lowest BCUT2D eigenvalue weighted by Gasteiger charge is -2.42. The standard InChI is InChI=1S/C21H22F2N2O3/c1-2-25(12-20(26)27)17-10-16(11-17)24-21(28)18-8-5-14(9-19(18)23)13-3-6-15(22)7-4-13/h3-9,16-17H,2,10-12H2,1H3,(H,24,28)(H,26,27). The Morgan fingerprint density at radius 2 is 1.75 bits per heavy atom. The zero-order valence-corrected chi connectivity index (χ0v) is 15.5. The minimum atomic E-state index is -0.877. The number of nitrogens with one attached hydrogen (secondary N) is 1. The zero-order valence-electron chi connectivity index (χ0n) is 15.5. The summed E-state index contributed by atoms with van der Waals surface area (Å²) in [4.78, 5) is 25.1. The summed E-state index contributed by atoms with van der Waals surface area (Å²) in [7, 11) is 0. The van der Waals surface area contributed by atoms with Gasteiger partial charge in [-0.05, 0) is 54.8 Å². The Morgan fingerprint density at radius 1 is 1.11 bits per heavy atom. The molecule has 1 aliphatic carbocycles. The van der Waals surface area contributed by atoms with Gasteiger partial charge in [-0.1, -0.05) is 25.1 Å². The third kappa shape index (κ3) is 4.54. The lowest BCUT2D eigenvalue weighted by molar-refractivity contribution is -0.139. The molecule has 0 atom stereocenters. The van der Waals surface area contributed by atoms with E-state index in [-0.39, 0.29) is 30.0 Å². The van der Waals surface area contributed by atoms with E-state index in [0.29, 0.717) is 30.5 Å². The Bertz CT molecular complexity index is 864. The van der Waals surface area contributed by atoms with Crippen molar-refractivity contribution in [2.45, 2.75) is 31.8 Å². The molecule has 2 aromatic carbocycles. The van der Waals surface area contributed by atoms with Crippen LogP contribution in [0.15, 0.2) is 42.5 Å². The van der Waals surface area contributed by atoms with Crippen LogP contribution >= 0.6 is 0 Å². The second-order valence-electron chi connectivity index (χ2n) is 6.95. The van der Waals surface area contributed by atoms with Crippen LogP contribution in [0.4, 0.5) is 8.78 Å². The Labute approximate surface area is 162 Å². The van der Waals surface area contributed by atoms with Gasteiger partial charge in [0.05, 0.1) is 12.1 Å². The molecule has 0 heterocycles. The number of carbonyl (C=O) groups excluding carboxylic acids is 1. The molecule has 1 aliphatic rings. The number of carbonyl (C=O) groups is 2. The molecule has 148 valence electrons. The van der Waals surface area contributed by atoms with Crippen molar-refractivity contribution < 1.29 is 23.5 Å². The van der Waals surface area contributed by atoms with E-state index in [0.717, 1.165) is 0 Å². The molecule has 3 rings (SSSR count). The molecule has 2 N–H and O–H groups in total. The first kappa shape index (κ1) is 19.9. The van der Waals surface area contributed by atoms with E-state index >= 15 is 0 Å². The number of hydrogen-bond acceptors (Lipinski definition) is 3. The second kappa shape index (κ2) is 8.48. The van der Waals surface area contributed by atoms with Gasteiger partial charge in [-0.25, -0.2) is 8.78 Å². The number of hydrogen-bond donors (Lipinski definition) is 2. The first-order valence-electron chi connectivity index (χ1n) is 9.19. The molecule has 0 aliphatic heterocycles. The fraction of sp³-hybridized carbons (Fsp3) is 0.333.